The van der Waals surface area contributed by atoms with Crippen LogP contribution in [-0.2, 0) is 0 Å². The molecule has 6 nitrogen and oxygen atoms in total. The quantitative estimate of drug-likeness (QED) is 0.716. The first-order valence-corrected chi connectivity index (χ1v) is 9.17. The zero-order valence-corrected chi connectivity index (χ0v) is 16.4. The van der Waals surface area contributed by atoms with Gasteiger partial charge in [-0.25, -0.2) is 4.79 Å². The molecule has 0 saturated carbocycles. The molecule has 0 atom stereocenters. The van der Waals surface area contributed by atoms with Crippen LogP contribution in [0.25, 0.3) is 6.08 Å². The Kier molecular flexibility index (Phi) is 5.68. The number of methoxy groups -OCH3 is 1. The van der Waals surface area contributed by atoms with E-state index in [1.54, 1.807) is 37.1 Å². The van der Waals surface area contributed by atoms with Gasteiger partial charge in [0.1, 0.15) is 17.2 Å². The van der Waals surface area contributed by atoms with Crippen molar-refractivity contribution in [3.63, 3.8) is 0 Å². The molecule has 2 aromatic carbocycles. The molecule has 1 aliphatic heterocycles. The van der Waals surface area contributed by atoms with E-state index in [4.69, 9.17) is 14.2 Å². The van der Waals surface area contributed by atoms with Gasteiger partial charge in [0.25, 0.3) is 0 Å². The average molecular weight is 381 g/mol. The van der Waals surface area contributed by atoms with E-state index in [-0.39, 0.29) is 11.5 Å². The largest absolute Gasteiger partial charge is 0.497 e. The fraction of sp³-hybridized carbons (Fsp3) is 0.273. The van der Waals surface area contributed by atoms with Gasteiger partial charge in [-0.05, 0) is 56.7 Å². The topological polar surface area (TPSA) is 65.1 Å². The number of allylic oxidation sites excluding steroid dienone is 1. The SMILES string of the molecule is CCN(CC)C(=O)Oc1ccc2c(c1C)OC(=Cc1ccc(OC)cc1)C2=O. The van der Waals surface area contributed by atoms with Crippen LogP contribution in [0.2, 0.25) is 0 Å². The first-order valence-electron chi connectivity index (χ1n) is 9.17. The normalized spacial score (nSPS) is 13.9. The second kappa shape index (κ2) is 8.17. The Balaban J connectivity index is 1.85. The summed E-state index contributed by atoms with van der Waals surface area (Å²) < 4.78 is 16.5. The summed E-state index contributed by atoms with van der Waals surface area (Å²) in [5.74, 6) is 1.58. The summed E-state index contributed by atoms with van der Waals surface area (Å²) in [5, 5.41) is 0. The standard InChI is InChI=1S/C22H23NO5/c1-5-23(6-2)22(25)28-18-12-11-17-20(24)19(27-21(17)14(18)3)13-15-7-9-16(26-4)10-8-15/h7-13H,5-6H2,1-4H3. The van der Waals surface area contributed by atoms with Crippen LogP contribution in [0.15, 0.2) is 42.2 Å². The molecule has 1 heterocycles. The maximum Gasteiger partial charge on any atom is 0.415 e. The predicted octanol–water partition coefficient (Wildman–Crippen LogP) is 4.46. The molecule has 28 heavy (non-hydrogen) atoms. The number of ether oxygens (including phenoxy) is 3. The Morgan fingerprint density at radius 2 is 1.79 bits per heavy atom. The number of nitrogens with zero attached hydrogens (tertiary/aromatic N) is 1. The molecule has 6 heteroatoms. The average Bonchev–Trinajstić information content (AvgIpc) is 3.02. The van der Waals surface area contributed by atoms with E-state index in [0.29, 0.717) is 35.7 Å². The van der Waals surface area contributed by atoms with Crippen LogP contribution in [0.1, 0.15) is 35.3 Å². The van der Waals surface area contributed by atoms with Gasteiger partial charge >= 0.3 is 6.09 Å². The lowest BCUT2D eigenvalue weighted by molar-refractivity contribution is 0.101. The molecule has 1 aliphatic rings. The van der Waals surface area contributed by atoms with Gasteiger partial charge in [0, 0.05) is 18.7 Å². The highest BCUT2D eigenvalue weighted by atomic mass is 16.6. The lowest BCUT2D eigenvalue weighted by Crippen LogP contribution is -2.33. The number of carbonyl (C=O) groups is 2. The summed E-state index contributed by atoms with van der Waals surface area (Å²) in [6.45, 7) is 6.66. The van der Waals surface area contributed by atoms with Crippen molar-refractivity contribution in [2.24, 2.45) is 0 Å². The first-order chi connectivity index (χ1) is 13.5. The van der Waals surface area contributed by atoms with Gasteiger partial charge < -0.3 is 19.1 Å². The number of hydrogen-bond donors (Lipinski definition) is 0. The second-order valence-corrected chi connectivity index (χ2v) is 6.32. The molecule has 0 fully saturated rings. The highest BCUT2D eigenvalue weighted by Gasteiger charge is 2.30. The van der Waals surface area contributed by atoms with Gasteiger partial charge in [-0.2, -0.15) is 0 Å². The van der Waals surface area contributed by atoms with E-state index in [1.165, 1.54) is 0 Å². The van der Waals surface area contributed by atoms with Crippen molar-refractivity contribution < 1.29 is 23.8 Å². The summed E-state index contributed by atoms with van der Waals surface area (Å²) >= 11 is 0. The molecule has 0 spiro atoms. The van der Waals surface area contributed by atoms with Crippen LogP contribution < -0.4 is 14.2 Å². The van der Waals surface area contributed by atoms with Gasteiger partial charge in [0.2, 0.25) is 5.78 Å². The van der Waals surface area contributed by atoms with Crippen molar-refractivity contribution in [3.8, 4) is 17.2 Å². The third kappa shape index (κ3) is 3.71. The van der Waals surface area contributed by atoms with Gasteiger partial charge in [0.15, 0.2) is 5.76 Å². The van der Waals surface area contributed by atoms with E-state index in [2.05, 4.69) is 0 Å². The Morgan fingerprint density at radius 3 is 2.39 bits per heavy atom. The highest BCUT2D eigenvalue weighted by Crippen LogP contribution is 2.39. The minimum Gasteiger partial charge on any atom is -0.497 e. The zero-order chi connectivity index (χ0) is 20.3. The number of carbonyl (C=O) groups excluding carboxylic acids is 2. The summed E-state index contributed by atoms with van der Waals surface area (Å²) in [6.07, 6.45) is 1.26. The lowest BCUT2D eigenvalue weighted by Gasteiger charge is -2.19. The van der Waals surface area contributed by atoms with Crippen LogP contribution in [0.3, 0.4) is 0 Å². The molecule has 1 amide bonds. The number of hydrogen-bond acceptors (Lipinski definition) is 5. The molecule has 2 aromatic rings. The fourth-order valence-electron chi connectivity index (χ4n) is 2.97. The molecule has 0 aromatic heterocycles. The fourth-order valence-corrected chi connectivity index (χ4v) is 2.97. The van der Waals surface area contributed by atoms with E-state index < -0.39 is 6.09 Å². The smallest absolute Gasteiger partial charge is 0.415 e. The van der Waals surface area contributed by atoms with Crippen molar-refractivity contribution in [3.05, 3.63) is 58.8 Å². The molecule has 0 radical (unpaired) electrons. The Bertz CT molecular complexity index is 927. The first kappa shape index (κ1) is 19.5. The summed E-state index contributed by atoms with van der Waals surface area (Å²) in [5.41, 5.74) is 1.90. The van der Waals surface area contributed by atoms with E-state index in [0.717, 1.165) is 11.3 Å². The van der Waals surface area contributed by atoms with Crippen molar-refractivity contribution in [2.45, 2.75) is 20.8 Å². The third-order valence-electron chi connectivity index (χ3n) is 4.67. The Hall–Kier alpha value is -3.28. The minimum absolute atomic E-state index is 0.199. The number of fused-ring (bicyclic) bond motifs is 1. The monoisotopic (exact) mass is 381 g/mol. The molecule has 0 saturated heterocycles. The predicted molar refractivity (Wildman–Crippen MR) is 106 cm³/mol. The van der Waals surface area contributed by atoms with Crippen molar-refractivity contribution in [1.29, 1.82) is 0 Å². The zero-order valence-electron chi connectivity index (χ0n) is 16.4. The van der Waals surface area contributed by atoms with Crippen LogP contribution >= 0.6 is 0 Å². The molecule has 0 bridgehead atoms. The molecule has 0 aliphatic carbocycles. The van der Waals surface area contributed by atoms with Crippen LogP contribution in [-0.4, -0.2) is 37.0 Å². The lowest BCUT2D eigenvalue weighted by atomic mass is 10.1. The summed E-state index contributed by atoms with van der Waals surface area (Å²) in [6, 6.07) is 10.6. The molecule has 0 unspecified atom stereocenters. The van der Waals surface area contributed by atoms with Crippen molar-refractivity contribution in [1.82, 2.24) is 4.90 Å². The van der Waals surface area contributed by atoms with Gasteiger partial charge in [-0.15, -0.1) is 0 Å². The van der Waals surface area contributed by atoms with Crippen LogP contribution in [0.4, 0.5) is 4.79 Å². The molecular weight excluding hydrogens is 358 g/mol. The summed E-state index contributed by atoms with van der Waals surface area (Å²) in [4.78, 5) is 26.5. The number of rotatable bonds is 5. The molecule has 3 rings (SSSR count). The van der Waals surface area contributed by atoms with Gasteiger partial charge in [-0.1, -0.05) is 12.1 Å². The maximum atomic E-state index is 12.7. The Labute approximate surface area is 164 Å². The second-order valence-electron chi connectivity index (χ2n) is 6.32. The number of amides is 1. The number of ketones is 1. The van der Waals surface area contributed by atoms with Crippen molar-refractivity contribution in [2.75, 3.05) is 20.2 Å². The third-order valence-corrected chi connectivity index (χ3v) is 4.67. The van der Waals surface area contributed by atoms with Crippen LogP contribution in [0, 0.1) is 6.92 Å². The van der Waals surface area contributed by atoms with E-state index in [1.807, 2.05) is 38.1 Å². The maximum absolute atomic E-state index is 12.7. The van der Waals surface area contributed by atoms with Crippen molar-refractivity contribution >= 4 is 18.0 Å². The van der Waals surface area contributed by atoms with Gasteiger partial charge in [-0.3, -0.25) is 4.79 Å². The molecule has 0 N–H and O–H groups in total. The molecule has 146 valence electrons. The summed E-state index contributed by atoms with van der Waals surface area (Å²) in [7, 11) is 1.60. The van der Waals surface area contributed by atoms with E-state index in [9.17, 15) is 9.59 Å². The van der Waals surface area contributed by atoms with Gasteiger partial charge in [0.05, 0.1) is 12.7 Å². The number of benzene rings is 2. The highest BCUT2D eigenvalue weighted by molar-refractivity contribution is 6.15. The minimum atomic E-state index is -0.425. The number of Topliss-reactive ketones (excluding diaryl/α,β-unsaturated/α-hetero) is 1. The Morgan fingerprint density at radius 1 is 1.11 bits per heavy atom. The molecular formula is C22H23NO5. The van der Waals surface area contributed by atoms with Crippen LogP contribution in [0.5, 0.6) is 17.2 Å². The van der Waals surface area contributed by atoms with E-state index >= 15 is 0 Å².